The minimum absolute atomic E-state index is 0.281. The molecule has 2 N–H and O–H groups in total. The number of benzene rings is 1. The predicted octanol–water partition coefficient (Wildman–Crippen LogP) is 3.58. The zero-order valence-corrected chi connectivity index (χ0v) is 13.6. The average molecular weight is 317 g/mol. The normalized spacial score (nSPS) is 10.2. The molecule has 0 saturated heterocycles. The van der Waals surface area contributed by atoms with Crippen molar-refractivity contribution in [1.29, 1.82) is 0 Å². The summed E-state index contributed by atoms with van der Waals surface area (Å²) in [6.07, 6.45) is 1.67. The first-order valence-corrected chi connectivity index (χ1v) is 7.33. The van der Waals surface area contributed by atoms with Crippen LogP contribution in [0.4, 0.5) is 5.69 Å². The van der Waals surface area contributed by atoms with Crippen LogP contribution in [0, 0.1) is 0 Å². The monoisotopic (exact) mass is 317 g/mol. The summed E-state index contributed by atoms with van der Waals surface area (Å²) in [5.74, 6) is 1.91. The van der Waals surface area contributed by atoms with Crippen LogP contribution in [0.15, 0.2) is 42.6 Å². The van der Waals surface area contributed by atoms with Crippen molar-refractivity contribution < 1.29 is 9.47 Å². The van der Waals surface area contributed by atoms with Crippen LogP contribution in [0.3, 0.4) is 0 Å². The highest BCUT2D eigenvalue weighted by molar-refractivity contribution is 7.80. The lowest BCUT2D eigenvalue weighted by Crippen LogP contribution is -2.33. The summed E-state index contributed by atoms with van der Waals surface area (Å²) in [6, 6.07) is 11.3. The minimum atomic E-state index is 0.281. The smallest absolute Gasteiger partial charge is 0.219 e. The van der Waals surface area contributed by atoms with Crippen molar-refractivity contribution in [3.63, 3.8) is 0 Å². The van der Waals surface area contributed by atoms with Crippen molar-refractivity contribution in [3.8, 4) is 17.4 Å². The molecule has 0 bridgehead atoms. The number of thiocarbonyl (C=S) groups is 1. The number of nitrogens with zero attached hydrogens (tertiary/aromatic N) is 1. The summed E-state index contributed by atoms with van der Waals surface area (Å²) in [7, 11) is 1.62. The zero-order chi connectivity index (χ0) is 15.9. The molecule has 0 saturated carbocycles. The van der Waals surface area contributed by atoms with Gasteiger partial charge in [-0.2, -0.15) is 0 Å². The van der Waals surface area contributed by atoms with Crippen LogP contribution in [0.25, 0.3) is 0 Å². The summed E-state index contributed by atoms with van der Waals surface area (Å²) >= 11 is 5.18. The van der Waals surface area contributed by atoms with E-state index >= 15 is 0 Å². The van der Waals surface area contributed by atoms with E-state index in [0.29, 0.717) is 16.7 Å². The van der Waals surface area contributed by atoms with E-state index in [1.165, 1.54) is 0 Å². The molecule has 0 spiro atoms. The van der Waals surface area contributed by atoms with E-state index < -0.39 is 0 Å². The maximum atomic E-state index is 5.68. The van der Waals surface area contributed by atoms with Gasteiger partial charge in [0.25, 0.3) is 0 Å². The first kappa shape index (κ1) is 16.0. The van der Waals surface area contributed by atoms with E-state index in [1.807, 2.05) is 38.1 Å². The van der Waals surface area contributed by atoms with Gasteiger partial charge in [-0.1, -0.05) is 6.07 Å². The molecule has 2 rings (SSSR count). The van der Waals surface area contributed by atoms with Gasteiger partial charge in [0.1, 0.15) is 11.5 Å². The van der Waals surface area contributed by atoms with Crippen molar-refractivity contribution in [2.24, 2.45) is 0 Å². The lowest BCUT2D eigenvalue weighted by Gasteiger charge is -2.13. The second-order valence-electron chi connectivity index (χ2n) is 4.92. The van der Waals surface area contributed by atoms with Crippen LogP contribution in [-0.2, 0) is 0 Å². The molecule has 1 aromatic carbocycles. The number of ether oxygens (including phenoxy) is 2. The van der Waals surface area contributed by atoms with Gasteiger partial charge in [-0.15, -0.1) is 0 Å². The average Bonchev–Trinajstić information content (AvgIpc) is 2.48. The molecule has 2 aromatic rings. The molecule has 0 fully saturated rings. The first-order chi connectivity index (χ1) is 10.6. The molecular weight excluding hydrogens is 298 g/mol. The van der Waals surface area contributed by atoms with Gasteiger partial charge >= 0.3 is 0 Å². The standard InChI is InChI=1S/C16H19N3O2S/c1-11(2)18-16(22)19-12-7-8-15(17-10-12)21-14-6-4-5-13(9-14)20-3/h4-11H,1-3H3,(H2,18,19,22). The van der Waals surface area contributed by atoms with Crippen molar-refractivity contribution in [2.45, 2.75) is 19.9 Å². The van der Waals surface area contributed by atoms with Gasteiger partial charge in [0, 0.05) is 18.2 Å². The second-order valence-corrected chi connectivity index (χ2v) is 5.33. The van der Waals surface area contributed by atoms with Crippen molar-refractivity contribution in [3.05, 3.63) is 42.6 Å². The molecular formula is C16H19N3O2S. The number of hydrogen-bond donors (Lipinski definition) is 2. The van der Waals surface area contributed by atoms with E-state index in [1.54, 1.807) is 25.4 Å². The highest BCUT2D eigenvalue weighted by atomic mass is 32.1. The second kappa shape index (κ2) is 7.61. The molecule has 5 nitrogen and oxygen atoms in total. The Hall–Kier alpha value is -2.34. The highest BCUT2D eigenvalue weighted by Crippen LogP contribution is 2.24. The Morgan fingerprint density at radius 1 is 1.18 bits per heavy atom. The molecule has 6 heteroatoms. The third-order valence-corrected chi connectivity index (χ3v) is 2.90. The van der Waals surface area contributed by atoms with Crippen LogP contribution in [0.2, 0.25) is 0 Å². The topological polar surface area (TPSA) is 55.4 Å². The molecule has 1 aromatic heterocycles. The Labute approximate surface area is 135 Å². The maximum Gasteiger partial charge on any atom is 0.219 e. The SMILES string of the molecule is COc1cccc(Oc2ccc(NC(=S)NC(C)C)cn2)c1. The molecule has 1 heterocycles. The quantitative estimate of drug-likeness (QED) is 0.822. The first-order valence-electron chi connectivity index (χ1n) is 6.92. The Kier molecular flexibility index (Phi) is 5.55. The van der Waals surface area contributed by atoms with Crippen LogP contribution in [0.1, 0.15) is 13.8 Å². The van der Waals surface area contributed by atoms with Gasteiger partial charge in [0.05, 0.1) is 19.0 Å². The van der Waals surface area contributed by atoms with E-state index in [-0.39, 0.29) is 6.04 Å². The van der Waals surface area contributed by atoms with Crippen molar-refractivity contribution >= 4 is 23.0 Å². The number of anilines is 1. The van der Waals surface area contributed by atoms with Crippen molar-refractivity contribution in [2.75, 3.05) is 12.4 Å². The lowest BCUT2D eigenvalue weighted by molar-refractivity contribution is 0.407. The van der Waals surface area contributed by atoms with Crippen LogP contribution in [0.5, 0.6) is 17.4 Å². The molecule has 0 aliphatic carbocycles. The Balaban J connectivity index is 1.98. The Bertz CT molecular complexity index is 630. The molecule has 116 valence electrons. The third kappa shape index (κ3) is 4.89. The fourth-order valence-corrected chi connectivity index (χ4v) is 2.08. The highest BCUT2D eigenvalue weighted by Gasteiger charge is 2.03. The predicted molar refractivity (Wildman–Crippen MR) is 91.8 cm³/mol. The minimum Gasteiger partial charge on any atom is -0.497 e. The molecule has 0 aliphatic heterocycles. The van der Waals surface area contributed by atoms with E-state index in [0.717, 1.165) is 11.4 Å². The molecule has 0 aliphatic rings. The fraction of sp³-hybridized carbons (Fsp3) is 0.250. The van der Waals surface area contributed by atoms with Crippen LogP contribution >= 0.6 is 12.2 Å². The van der Waals surface area contributed by atoms with Gasteiger partial charge in [-0.25, -0.2) is 4.98 Å². The Morgan fingerprint density at radius 2 is 1.95 bits per heavy atom. The molecule has 0 radical (unpaired) electrons. The number of hydrogen-bond acceptors (Lipinski definition) is 4. The van der Waals surface area contributed by atoms with Gasteiger partial charge in [0.15, 0.2) is 5.11 Å². The summed E-state index contributed by atoms with van der Waals surface area (Å²) in [5.41, 5.74) is 0.802. The van der Waals surface area contributed by atoms with E-state index in [9.17, 15) is 0 Å². The van der Waals surface area contributed by atoms with E-state index in [4.69, 9.17) is 21.7 Å². The number of methoxy groups -OCH3 is 1. The summed E-state index contributed by atoms with van der Waals surface area (Å²) < 4.78 is 10.8. The molecule has 22 heavy (non-hydrogen) atoms. The van der Waals surface area contributed by atoms with Gasteiger partial charge in [-0.3, -0.25) is 0 Å². The fourth-order valence-electron chi connectivity index (χ4n) is 1.73. The lowest BCUT2D eigenvalue weighted by atomic mass is 10.3. The number of pyridine rings is 1. The van der Waals surface area contributed by atoms with Gasteiger partial charge in [-0.05, 0) is 44.3 Å². The van der Waals surface area contributed by atoms with Crippen molar-refractivity contribution in [1.82, 2.24) is 10.3 Å². The largest absolute Gasteiger partial charge is 0.497 e. The third-order valence-electron chi connectivity index (χ3n) is 2.68. The molecule has 0 unspecified atom stereocenters. The van der Waals surface area contributed by atoms with E-state index in [2.05, 4.69) is 15.6 Å². The maximum absolute atomic E-state index is 5.68. The molecule has 0 atom stereocenters. The van der Waals surface area contributed by atoms with Gasteiger partial charge in [0.2, 0.25) is 5.88 Å². The molecule has 0 amide bonds. The summed E-state index contributed by atoms with van der Waals surface area (Å²) in [4.78, 5) is 4.25. The van der Waals surface area contributed by atoms with Crippen LogP contribution in [-0.4, -0.2) is 23.2 Å². The number of aromatic nitrogens is 1. The number of rotatable bonds is 5. The summed E-state index contributed by atoms with van der Waals surface area (Å²) in [5, 5.41) is 6.74. The number of nitrogens with one attached hydrogen (secondary N) is 2. The summed E-state index contributed by atoms with van der Waals surface area (Å²) in [6.45, 7) is 4.05. The van der Waals surface area contributed by atoms with Crippen LogP contribution < -0.4 is 20.1 Å². The van der Waals surface area contributed by atoms with Gasteiger partial charge < -0.3 is 20.1 Å². The zero-order valence-electron chi connectivity index (χ0n) is 12.8. The Morgan fingerprint density at radius 3 is 2.59 bits per heavy atom.